The molecule has 2 atom stereocenters. The number of hydrogen-bond acceptors (Lipinski definition) is 4. The molecule has 0 aromatic heterocycles. The zero-order valence-corrected chi connectivity index (χ0v) is 9.91. The SMILES string of the molecule is CC(C)C(=O)O[C@H]1CSSC[C@@H]1C. The molecule has 76 valence electrons. The maximum absolute atomic E-state index is 11.3. The third-order valence-corrected chi connectivity index (χ3v) is 4.63. The van der Waals surface area contributed by atoms with Gasteiger partial charge in [0.2, 0.25) is 0 Å². The number of hydrogen-bond donors (Lipinski definition) is 0. The lowest BCUT2D eigenvalue weighted by Gasteiger charge is -2.27. The average molecular weight is 220 g/mol. The van der Waals surface area contributed by atoms with E-state index < -0.39 is 0 Å². The van der Waals surface area contributed by atoms with Gasteiger partial charge >= 0.3 is 5.97 Å². The summed E-state index contributed by atoms with van der Waals surface area (Å²) in [6.45, 7) is 5.89. The van der Waals surface area contributed by atoms with Crippen molar-refractivity contribution in [2.75, 3.05) is 11.5 Å². The van der Waals surface area contributed by atoms with Crippen molar-refractivity contribution in [3.05, 3.63) is 0 Å². The van der Waals surface area contributed by atoms with E-state index in [4.69, 9.17) is 4.74 Å². The number of carbonyl (C=O) groups is 1. The molecule has 1 aliphatic rings. The first kappa shape index (κ1) is 11.2. The van der Waals surface area contributed by atoms with E-state index in [1.54, 1.807) is 10.8 Å². The van der Waals surface area contributed by atoms with Crippen LogP contribution in [0.2, 0.25) is 0 Å². The molecule has 1 aliphatic heterocycles. The van der Waals surface area contributed by atoms with E-state index in [-0.39, 0.29) is 18.0 Å². The van der Waals surface area contributed by atoms with Gasteiger partial charge in [0.15, 0.2) is 0 Å². The Morgan fingerprint density at radius 2 is 2.00 bits per heavy atom. The van der Waals surface area contributed by atoms with Gasteiger partial charge in [-0.3, -0.25) is 4.79 Å². The van der Waals surface area contributed by atoms with Crippen molar-refractivity contribution in [1.82, 2.24) is 0 Å². The molecule has 1 rings (SSSR count). The number of rotatable bonds is 2. The third-order valence-electron chi connectivity index (χ3n) is 2.02. The molecule has 1 saturated heterocycles. The molecule has 0 bridgehead atoms. The van der Waals surface area contributed by atoms with Gasteiger partial charge in [0, 0.05) is 17.4 Å². The first-order valence-electron chi connectivity index (χ1n) is 4.56. The van der Waals surface area contributed by atoms with Gasteiger partial charge in [0.25, 0.3) is 0 Å². The van der Waals surface area contributed by atoms with Crippen LogP contribution in [0.15, 0.2) is 0 Å². The second kappa shape index (κ2) is 5.15. The fourth-order valence-corrected chi connectivity index (χ4v) is 3.75. The van der Waals surface area contributed by atoms with Crippen molar-refractivity contribution in [2.45, 2.75) is 26.9 Å². The molecule has 1 fully saturated rings. The monoisotopic (exact) mass is 220 g/mol. The molecular formula is C9H16O2S2. The van der Waals surface area contributed by atoms with E-state index in [9.17, 15) is 4.79 Å². The van der Waals surface area contributed by atoms with Crippen molar-refractivity contribution in [3.63, 3.8) is 0 Å². The van der Waals surface area contributed by atoms with E-state index in [0.717, 1.165) is 11.5 Å². The predicted molar refractivity (Wildman–Crippen MR) is 58.8 cm³/mol. The fraction of sp³-hybridized carbons (Fsp3) is 0.889. The summed E-state index contributed by atoms with van der Waals surface area (Å²) >= 11 is 0. The first-order valence-corrected chi connectivity index (χ1v) is 7.05. The van der Waals surface area contributed by atoms with Crippen molar-refractivity contribution in [3.8, 4) is 0 Å². The van der Waals surface area contributed by atoms with E-state index >= 15 is 0 Å². The van der Waals surface area contributed by atoms with Gasteiger partial charge in [-0.2, -0.15) is 0 Å². The van der Waals surface area contributed by atoms with E-state index in [1.165, 1.54) is 0 Å². The van der Waals surface area contributed by atoms with E-state index in [2.05, 4.69) is 6.92 Å². The van der Waals surface area contributed by atoms with Gasteiger partial charge in [0.05, 0.1) is 5.92 Å². The van der Waals surface area contributed by atoms with E-state index in [0.29, 0.717) is 5.92 Å². The zero-order chi connectivity index (χ0) is 9.84. The molecule has 0 aromatic carbocycles. The van der Waals surface area contributed by atoms with Crippen LogP contribution >= 0.6 is 21.6 Å². The Labute approximate surface area is 87.6 Å². The van der Waals surface area contributed by atoms with Crippen LogP contribution in [0.5, 0.6) is 0 Å². The minimum atomic E-state index is -0.0654. The highest BCUT2D eigenvalue weighted by atomic mass is 33.1. The van der Waals surface area contributed by atoms with E-state index in [1.807, 2.05) is 24.6 Å². The van der Waals surface area contributed by atoms with Gasteiger partial charge in [0.1, 0.15) is 6.10 Å². The number of ether oxygens (including phenoxy) is 1. The Bertz CT molecular complexity index is 182. The average Bonchev–Trinajstić information content (AvgIpc) is 2.08. The summed E-state index contributed by atoms with van der Waals surface area (Å²) in [7, 11) is 3.67. The molecule has 0 N–H and O–H groups in total. The van der Waals surface area contributed by atoms with Crippen molar-refractivity contribution in [2.24, 2.45) is 11.8 Å². The third kappa shape index (κ3) is 3.43. The van der Waals surface area contributed by atoms with Gasteiger partial charge in [-0.15, -0.1) is 0 Å². The highest BCUT2D eigenvalue weighted by molar-refractivity contribution is 8.76. The quantitative estimate of drug-likeness (QED) is 0.528. The molecule has 0 radical (unpaired) electrons. The minimum Gasteiger partial charge on any atom is -0.461 e. The van der Waals surface area contributed by atoms with Gasteiger partial charge in [-0.25, -0.2) is 0 Å². The van der Waals surface area contributed by atoms with Crippen LogP contribution in [-0.4, -0.2) is 23.6 Å². The number of carbonyl (C=O) groups excluding carboxylic acids is 1. The van der Waals surface area contributed by atoms with Crippen molar-refractivity contribution in [1.29, 1.82) is 0 Å². The summed E-state index contributed by atoms with van der Waals surface area (Å²) in [4.78, 5) is 11.3. The minimum absolute atomic E-state index is 0.00761. The van der Waals surface area contributed by atoms with Crippen LogP contribution < -0.4 is 0 Å². The Morgan fingerprint density at radius 1 is 1.38 bits per heavy atom. The number of esters is 1. The molecule has 2 nitrogen and oxygen atoms in total. The highest BCUT2D eigenvalue weighted by Crippen LogP contribution is 2.34. The smallest absolute Gasteiger partial charge is 0.308 e. The van der Waals surface area contributed by atoms with Crippen molar-refractivity contribution >= 4 is 27.6 Å². The molecule has 0 spiro atoms. The first-order chi connectivity index (χ1) is 6.11. The van der Waals surface area contributed by atoms with Crippen molar-refractivity contribution < 1.29 is 9.53 Å². The second-order valence-corrected chi connectivity index (χ2v) is 6.23. The molecule has 4 heteroatoms. The Hall–Kier alpha value is 0.170. The summed E-state index contributed by atoms with van der Waals surface area (Å²) in [6, 6.07) is 0. The lowest BCUT2D eigenvalue weighted by atomic mass is 10.1. The van der Waals surface area contributed by atoms with Gasteiger partial charge in [-0.05, 0) is 0 Å². The molecule has 13 heavy (non-hydrogen) atoms. The Morgan fingerprint density at radius 3 is 2.54 bits per heavy atom. The normalized spacial score (nSPS) is 28.9. The second-order valence-electron chi connectivity index (χ2n) is 3.68. The standard InChI is InChI=1S/C9H16O2S2/c1-6(2)9(10)11-8-5-13-12-4-7(8)3/h6-8H,4-5H2,1-3H3/t7-,8-/m0/s1. The molecule has 0 aliphatic carbocycles. The summed E-state index contributed by atoms with van der Waals surface area (Å²) in [5.41, 5.74) is 0. The Kier molecular flexibility index (Phi) is 4.46. The topological polar surface area (TPSA) is 26.3 Å². The summed E-state index contributed by atoms with van der Waals surface area (Å²) < 4.78 is 5.39. The predicted octanol–water partition coefficient (Wildman–Crippen LogP) is 2.59. The molecule has 0 amide bonds. The van der Waals surface area contributed by atoms with Crippen LogP contribution in [-0.2, 0) is 9.53 Å². The zero-order valence-electron chi connectivity index (χ0n) is 8.28. The molecule has 0 unspecified atom stereocenters. The Balaban J connectivity index is 2.38. The molecule has 0 aromatic rings. The van der Waals surface area contributed by atoms with Crippen LogP contribution in [0, 0.1) is 11.8 Å². The van der Waals surface area contributed by atoms with Gasteiger partial charge < -0.3 is 4.74 Å². The molecular weight excluding hydrogens is 204 g/mol. The van der Waals surface area contributed by atoms with Crippen LogP contribution in [0.25, 0.3) is 0 Å². The maximum Gasteiger partial charge on any atom is 0.308 e. The van der Waals surface area contributed by atoms with Crippen LogP contribution in [0.3, 0.4) is 0 Å². The fourth-order valence-electron chi connectivity index (χ4n) is 0.978. The van der Waals surface area contributed by atoms with Crippen LogP contribution in [0.1, 0.15) is 20.8 Å². The summed E-state index contributed by atoms with van der Waals surface area (Å²) in [6.07, 6.45) is 0.126. The van der Waals surface area contributed by atoms with Crippen LogP contribution in [0.4, 0.5) is 0 Å². The summed E-state index contributed by atoms with van der Waals surface area (Å²) in [5.74, 6) is 2.44. The molecule has 0 saturated carbocycles. The lowest BCUT2D eigenvalue weighted by molar-refractivity contribution is -0.153. The molecule has 1 heterocycles. The maximum atomic E-state index is 11.3. The highest BCUT2D eigenvalue weighted by Gasteiger charge is 2.26. The van der Waals surface area contributed by atoms with Gasteiger partial charge in [-0.1, -0.05) is 42.4 Å². The largest absolute Gasteiger partial charge is 0.461 e. The lowest BCUT2D eigenvalue weighted by Crippen LogP contribution is -2.32. The summed E-state index contributed by atoms with van der Waals surface area (Å²) in [5, 5.41) is 0.